The predicted molar refractivity (Wildman–Crippen MR) is 93.0 cm³/mol. The Morgan fingerprint density at radius 2 is 2.14 bits per heavy atom. The van der Waals surface area contributed by atoms with Crippen molar-refractivity contribution in [3.8, 4) is 0 Å². The maximum atomic E-state index is 5.94. The number of rotatable bonds is 10. The van der Waals surface area contributed by atoms with Crippen molar-refractivity contribution >= 4 is 0 Å². The van der Waals surface area contributed by atoms with E-state index in [0.717, 1.165) is 38.7 Å². The van der Waals surface area contributed by atoms with Gasteiger partial charge in [-0.25, -0.2) is 0 Å². The molecule has 2 atom stereocenters. The standard InChI is InChI=1S/C17H37N3O.H2/c1-6-16(4)12-19(5)13-17-14-20(10-11-21-17)9-7-8-18-15(2)3;/h15-18H,6-14H2,1-5H3;1H/t16?,17-;/m0./s1. The summed E-state index contributed by atoms with van der Waals surface area (Å²) in [5, 5.41) is 3.49. The van der Waals surface area contributed by atoms with Crippen LogP contribution < -0.4 is 5.32 Å². The van der Waals surface area contributed by atoms with E-state index < -0.39 is 0 Å². The summed E-state index contributed by atoms with van der Waals surface area (Å²) in [4.78, 5) is 5.00. The summed E-state index contributed by atoms with van der Waals surface area (Å²) in [6.45, 7) is 16.6. The number of nitrogens with zero attached hydrogens (tertiary/aromatic N) is 2. The third kappa shape index (κ3) is 8.77. The van der Waals surface area contributed by atoms with E-state index in [0.29, 0.717) is 12.1 Å². The van der Waals surface area contributed by atoms with Crippen LogP contribution in [0.2, 0.25) is 0 Å². The maximum Gasteiger partial charge on any atom is 0.0829 e. The van der Waals surface area contributed by atoms with Crippen molar-refractivity contribution in [2.45, 2.75) is 52.7 Å². The van der Waals surface area contributed by atoms with E-state index in [9.17, 15) is 0 Å². The van der Waals surface area contributed by atoms with E-state index in [4.69, 9.17) is 4.74 Å². The van der Waals surface area contributed by atoms with Crippen molar-refractivity contribution in [1.29, 1.82) is 0 Å². The number of morpholine rings is 1. The van der Waals surface area contributed by atoms with Gasteiger partial charge < -0.3 is 15.0 Å². The van der Waals surface area contributed by atoms with Gasteiger partial charge in [-0.05, 0) is 32.5 Å². The molecule has 1 rings (SSSR count). The van der Waals surface area contributed by atoms with E-state index in [2.05, 4.69) is 49.9 Å². The van der Waals surface area contributed by atoms with Gasteiger partial charge in [-0.3, -0.25) is 4.90 Å². The molecule has 0 saturated carbocycles. The first kappa shape index (κ1) is 18.9. The Morgan fingerprint density at radius 3 is 2.81 bits per heavy atom. The number of likely N-dealkylation sites (N-methyl/N-ethyl adjacent to an activating group) is 1. The Morgan fingerprint density at radius 1 is 1.38 bits per heavy atom. The second kappa shape index (κ2) is 10.5. The van der Waals surface area contributed by atoms with E-state index >= 15 is 0 Å². The Labute approximate surface area is 133 Å². The van der Waals surface area contributed by atoms with Gasteiger partial charge in [-0.1, -0.05) is 34.1 Å². The summed E-state index contributed by atoms with van der Waals surface area (Å²) in [7, 11) is 2.22. The smallest absolute Gasteiger partial charge is 0.0829 e. The van der Waals surface area contributed by atoms with E-state index in [-0.39, 0.29) is 1.43 Å². The van der Waals surface area contributed by atoms with Crippen LogP contribution in [0, 0.1) is 5.92 Å². The molecule has 0 bridgehead atoms. The van der Waals surface area contributed by atoms with Gasteiger partial charge in [0, 0.05) is 33.6 Å². The van der Waals surface area contributed by atoms with Gasteiger partial charge in [0.2, 0.25) is 0 Å². The molecule has 0 spiro atoms. The predicted octanol–water partition coefficient (Wildman–Crippen LogP) is 2.30. The number of hydrogen-bond acceptors (Lipinski definition) is 4. The van der Waals surface area contributed by atoms with Crippen LogP contribution in [0.3, 0.4) is 0 Å². The lowest BCUT2D eigenvalue weighted by molar-refractivity contribution is -0.0417. The zero-order valence-corrected chi connectivity index (χ0v) is 14.9. The van der Waals surface area contributed by atoms with Gasteiger partial charge in [0.25, 0.3) is 0 Å². The molecule has 128 valence electrons. The van der Waals surface area contributed by atoms with Gasteiger partial charge >= 0.3 is 0 Å². The van der Waals surface area contributed by atoms with E-state index in [1.165, 1.54) is 25.9 Å². The van der Waals surface area contributed by atoms with Crippen LogP contribution in [0.1, 0.15) is 42.0 Å². The molecule has 1 heterocycles. The molecule has 1 unspecified atom stereocenters. The summed E-state index contributed by atoms with van der Waals surface area (Å²) in [5.41, 5.74) is 0. The van der Waals surface area contributed by atoms with Gasteiger partial charge in [-0.2, -0.15) is 0 Å². The molecule has 0 aromatic heterocycles. The van der Waals surface area contributed by atoms with Crippen LogP contribution in [-0.2, 0) is 4.74 Å². The quantitative estimate of drug-likeness (QED) is 0.627. The summed E-state index contributed by atoms with van der Waals surface area (Å²) in [6.07, 6.45) is 2.87. The third-order valence-electron chi connectivity index (χ3n) is 4.26. The van der Waals surface area contributed by atoms with Crippen LogP contribution in [-0.4, -0.2) is 74.9 Å². The van der Waals surface area contributed by atoms with Crippen molar-refractivity contribution in [1.82, 2.24) is 15.1 Å². The summed E-state index contributed by atoms with van der Waals surface area (Å²) in [5.74, 6) is 0.775. The monoisotopic (exact) mass is 301 g/mol. The van der Waals surface area contributed by atoms with E-state index in [1.807, 2.05) is 0 Å². The lowest BCUT2D eigenvalue weighted by Gasteiger charge is -2.35. The molecule has 1 N–H and O–H groups in total. The van der Waals surface area contributed by atoms with Crippen molar-refractivity contribution in [2.75, 3.05) is 52.9 Å². The Hall–Kier alpha value is -0.160. The minimum absolute atomic E-state index is 0. The molecule has 0 aromatic rings. The lowest BCUT2D eigenvalue weighted by atomic mass is 10.1. The molecule has 4 nitrogen and oxygen atoms in total. The van der Waals surface area contributed by atoms with Crippen molar-refractivity contribution < 1.29 is 6.16 Å². The van der Waals surface area contributed by atoms with Gasteiger partial charge in [-0.15, -0.1) is 0 Å². The van der Waals surface area contributed by atoms with Crippen LogP contribution in [0.15, 0.2) is 0 Å². The summed E-state index contributed by atoms with van der Waals surface area (Å²) >= 11 is 0. The van der Waals surface area contributed by atoms with Crippen LogP contribution in [0.25, 0.3) is 0 Å². The molecular formula is C17H39N3O. The fourth-order valence-corrected chi connectivity index (χ4v) is 2.87. The molecular weight excluding hydrogens is 262 g/mol. The van der Waals surface area contributed by atoms with Crippen LogP contribution in [0.4, 0.5) is 0 Å². The summed E-state index contributed by atoms with van der Waals surface area (Å²) in [6, 6.07) is 0.594. The number of hydrogen-bond donors (Lipinski definition) is 1. The fraction of sp³-hybridized carbons (Fsp3) is 1.00. The minimum Gasteiger partial charge on any atom is -0.374 e. The minimum atomic E-state index is 0. The average molecular weight is 302 g/mol. The maximum absolute atomic E-state index is 5.94. The topological polar surface area (TPSA) is 27.7 Å². The summed E-state index contributed by atoms with van der Waals surface area (Å²) < 4.78 is 5.94. The highest BCUT2D eigenvalue weighted by Gasteiger charge is 2.21. The van der Waals surface area contributed by atoms with Crippen molar-refractivity contribution in [2.24, 2.45) is 5.92 Å². The van der Waals surface area contributed by atoms with E-state index in [1.54, 1.807) is 0 Å². The normalized spacial score (nSPS) is 22.1. The molecule has 1 aliphatic heterocycles. The average Bonchev–Trinajstić information content (AvgIpc) is 2.43. The van der Waals surface area contributed by atoms with Gasteiger partial charge in [0.05, 0.1) is 12.7 Å². The first-order chi connectivity index (χ1) is 10.0. The highest BCUT2D eigenvalue weighted by atomic mass is 16.5. The zero-order chi connectivity index (χ0) is 15.7. The van der Waals surface area contributed by atoms with Crippen LogP contribution in [0.5, 0.6) is 0 Å². The molecule has 0 radical (unpaired) electrons. The van der Waals surface area contributed by atoms with Crippen LogP contribution >= 0.6 is 0 Å². The molecule has 1 aliphatic rings. The molecule has 1 saturated heterocycles. The molecule has 1 fully saturated rings. The third-order valence-corrected chi connectivity index (χ3v) is 4.26. The lowest BCUT2D eigenvalue weighted by Crippen LogP contribution is -2.48. The van der Waals surface area contributed by atoms with Crippen molar-refractivity contribution in [3.05, 3.63) is 0 Å². The molecule has 4 heteroatoms. The second-order valence-corrected chi connectivity index (χ2v) is 6.99. The first-order valence-electron chi connectivity index (χ1n) is 8.77. The molecule has 21 heavy (non-hydrogen) atoms. The molecule has 0 aliphatic carbocycles. The van der Waals surface area contributed by atoms with Crippen molar-refractivity contribution in [3.63, 3.8) is 0 Å². The largest absolute Gasteiger partial charge is 0.374 e. The highest BCUT2D eigenvalue weighted by molar-refractivity contribution is 4.75. The number of nitrogens with one attached hydrogen (secondary N) is 1. The Bertz CT molecular complexity index is 266. The second-order valence-electron chi connectivity index (χ2n) is 6.99. The first-order valence-corrected chi connectivity index (χ1v) is 8.77. The fourth-order valence-electron chi connectivity index (χ4n) is 2.87. The highest BCUT2D eigenvalue weighted by Crippen LogP contribution is 2.09. The van der Waals surface area contributed by atoms with Gasteiger partial charge in [0.15, 0.2) is 0 Å². The molecule has 0 amide bonds. The number of ether oxygens (including phenoxy) is 1. The van der Waals surface area contributed by atoms with Gasteiger partial charge in [0.1, 0.15) is 0 Å². The SMILES string of the molecule is CCC(C)CN(C)C[C@H]1CN(CCCNC(C)C)CCO1.[HH]. The Balaban J connectivity index is 0.00000441. The Kier molecular flexibility index (Phi) is 9.49. The zero-order valence-electron chi connectivity index (χ0n) is 14.9. The molecule has 0 aromatic carbocycles.